The van der Waals surface area contributed by atoms with E-state index in [-0.39, 0.29) is 6.10 Å². The third-order valence-corrected chi connectivity index (χ3v) is 4.09. The predicted molar refractivity (Wildman–Crippen MR) is 79.8 cm³/mol. The fourth-order valence-electron chi connectivity index (χ4n) is 2.60. The smallest absolute Gasteiger partial charge is 0.160 e. The van der Waals surface area contributed by atoms with E-state index in [1.165, 1.54) is 0 Å². The van der Waals surface area contributed by atoms with E-state index in [2.05, 4.69) is 15.0 Å². The number of nitrogens with zero attached hydrogens (tertiary/aromatic N) is 3. The Hall–Kier alpha value is -1.46. The Balaban J connectivity index is 1.98. The molecule has 2 aliphatic rings. The van der Waals surface area contributed by atoms with Gasteiger partial charge in [0.25, 0.3) is 0 Å². The lowest BCUT2D eigenvalue weighted by Gasteiger charge is -2.09. The summed E-state index contributed by atoms with van der Waals surface area (Å²) in [6, 6.07) is 0. The standard InChI is InChI=1S/C14H17ClN4O/c1-7-8(2)18-12(15)11-10(7)13(16)19-14(11)17-6-9-4-3-5-20-9/h9H,3-6H2,1-2H3,(H2,16,17,19). The Bertz CT molecular complexity index is 618. The molecular weight excluding hydrogens is 276 g/mol. The van der Waals surface area contributed by atoms with Crippen LogP contribution in [0.4, 0.5) is 0 Å². The van der Waals surface area contributed by atoms with E-state index in [0.29, 0.717) is 23.4 Å². The molecule has 1 aromatic rings. The fourth-order valence-corrected chi connectivity index (χ4v) is 2.91. The second kappa shape index (κ2) is 5.14. The van der Waals surface area contributed by atoms with Crippen LogP contribution in [0.2, 0.25) is 5.15 Å². The van der Waals surface area contributed by atoms with Crippen molar-refractivity contribution in [2.75, 3.05) is 13.2 Å². The molecule has 6 heteroatoms. The molecule has 0 aromatic carbocycles. The van der Waals surface area contributed by atoms with Gasteiger partial charge in [-0.15, -0.1) is 0 Å². The minimum absolute atomic E-state index is 0.182. The van der Waals surface area contributed by atoms with Crippen molar-refractivity contribution in [1.82, 2.24) is 4.98 Å². The monoisotopic (exact) mass is 292 g/mol. The van der Waals surface area contributed by atoms with Gasteiger partial charge in [-0.3, -0.25) is 4.99 Å². The number of aliphatic imine (C=N–C) groups is 2. The SMILES string of the molecule is Cc1nc(Cl)c2c(c1C)C(N)=NC2=NCC1CCCO1. The molecule has 2 aliphatic heterocycles. The van der Waals surface area contributed by atoms with Gasteiger partial charge in [0, 0.05) is 17.9 Å². The first-order valence-corrected chi connectivity index (χ1v) is 7.13. The number of rotatable bonds is 2. The molecule has 0 saturated carbocycles. The number of ether oxygens (including phenoxy) is 1. The van der Waals surface area contributed by atoms with E-state index in [9.17, 15) is 0 Å². The molecule has 3 rings (SSSR count). The van der Waals surface area contributed by atoms with Crippen molar-refractivity contribution in [1.29, 1.82) is 0 Å². The maximum absolute atomic E-state index is 6.25. The first-order valence-electron chi connectivity index (χ1n) is 6.75. The number of fused-ring (bicyclic) bond motifs is 1. The average Bonchev–Trinajstić information content (AvgIpc) is 3.01. The molecule has 0 aliphatic carbocycles. The Labute approximate surface area is 122 Å². The number of aryl methyl sites for hydroxylation is 1. The summed E-state index contributed by atoms with van der Waals surface area (Å²) in [4.78, 5) is 13.2. The highest BCUT2D eigenvalue weighted by Crippen LogP contribution is 2.29. The lowest BCUT2D eigenvalue weighted by molar-refractivity contribution is 0.118. The Morgan fingerprint density at radius 2 is 2.20 bits per heavy atom. The molecule has 0 spiro atoms. The largest absolute Gasteiger partial charge is 0.383 e. The maximum Gasteiger partial charge on any atom is 0.160 e. The van der Waals surface area contributed by atoms with E-state index in [4.69, 9.17) is 22.1 Å². The van der Waals surface area contributed by atoms with Crippen molar-refractivity contribution >= 4 is 23.3 Å². The zero-order valence-electron chi connectivity index (χ0n) is 11.6. The second-order valence-corrected chi connectivity index (χ2v) is 5.52. The number of hydrogen-bond donors (Lipinski definition) is 1. The van der Waals surface area contributed by atoms with Crippen LogP contribution in [0.15, 0.2) is 9.98 Å². The van der Waals surface area contributed by atoms with Crippen LogP contribution < -0.4 is 5.73 Å². The number of amidine groups is 2. The molecule has 1 unspecified atom stereocenters. The predicted octanol–water partition coefficient (Wildman–Crippen LogP) is 2.00. The van der Waals surface area contributed by atoms with Gasteiger partial charge < -0.3 is 10.5 Å². The fraction of sp³-hybridized carbons (Fsp3) is 0.500. The highest BCUT2D eigenvalue weighted by molar-refractivity contribution is 6.36. The minimum Gasteiger partial charge on any atom is -0.383 e. The van der Waals surface area contributed by atoms with Crippen LogP contribution in [0, 0.1) is 13.8 Å². The van der Waals surface area contributed by atoms with E-state index >= 15 is 0 Å². The van der Waals surface area contributed by atoms with Crippen LogP contribution in [0.1, 0.15) is 35.2 Å². The number of hydrogen-bond acceptors (Lipinski definition) is 4. The number of nitrogens with two attached hydrogens (primary N) is 1. The molecule has 5 nitrogen and oxygen atoms in total. The molecule has 0 amide bonds. The Kier molecular flexibility index (Phi) is 3.48. The van der Waals surface area contributed by atoms with Crippen LogP contribution in [-0.4, -0.2) is 35.9 Å². The molecule has 106 valence electrons. The van der Waals surface area contributed by atoms with Gasteiger partial charge in [0.2, 0.25) is 0 Å². The van der Waals surface area contributed by atoms with Gasteiger partial charge >= 0.3 is 0 Å². The minimum atomic E-state index is 0.182. The normalized spacial score (nSPS) is 23.2. The zero-order valence-corrected chi connectivity index (χ0v) is 12.4. The summed E-state index contributed by atoms with van der Waals surface area (Å²) >= 11 is 6.25. The quantitative estimate of drug-likeness (QED) is 0.847. The molecule has 1 saturated heterocycles. The van der Waals surface area contributed by atoms with E-state index in [1.54, 1.807) is 0 Å². The van der Waals surface area contributed by atoms with Crippen LogP contribution >= 0.6 is 11.6 Å². The summed E-state index contributed by atoms with van der Waals surface area (Å²) in [7, 11) is 0. The summed E-state index contributed by atoms with van der Waals surface area (Å²) in [5.41, 5.74) is 9.51. The number of halogens is 1. The zero-order chi connectivity index (χ0) is 14.3. The summed E-state index contributed by atoms with van der Waals surface area (Å²) in [5.74, 6) is 1.05. The average molecular weight is 293 g/mol. The first-order chi connectivity index (χ1) is 9.58. The molecule has 1 fully saturated rings. The molecule has 20 heavy (non-hydrogen) atoms. The van der Waals surface area contributed by atoms with Crippen molar-refractivity contribution in [3.63, 3.8) is 0 Å². The molecule has 0 bridgehead atoms. The van der Waals surface area contributed by atoms with E-state index in [0.717, 1.165) is 41.8 Å². The number of pyridine rings is 1. The first kappa shape index (κ1) is 13.5. The molecule has 1 aromatic heterocycles. The van der Waals surface area contributed by atoms with E-state index in [1.807, 2.05) is 13.8 Å². The van der Waals surface area contributed by atoms with Gasteiger partial charge in [0.1, 0.15) is 11.0 Å². The molecule has 2 N–H and O–H groups in total. The Morgan fingerprint density at radius 1 is 1.40 bits per heavy atom. The van der Waals surface area contributed by atoms with Crippen molar-refractivity contribution in [2.45, 2.75) is 32.8 Å². The lowest BCUT2D eigenvalue weighted by atomic mass is 10.0. The van der Waals surface area contributed by atoms with E-state index < -0.39 is 0 Å². The summed E-state index contributed by atoms with van der Waals surface area (Å²) in [6.07, 6.45) is 2.32. The summed E-state index contributed by atoms with van der Waals surface area (Å²) in [6.45, 7) is 5.30. The van der Waals surface area contributed by atoms with Gasteiger partial charge in [-0.25, -0.2) is 9.98 Å². The summed E-state index contributed by atoms with van der Waals surface area (Å²) in [5, 5.41) is 0.415. The van der Waals surface area contributed by atoms with Crippen molar-refractivity contribution in [2.24, 2.45) is 15.7 Å². The van der Waals surface area contributed by atoms with Crippen LogP contribution in [-0.2, 0) is 4.74 Å². The van der Waals surface area contributed by atoms with Gasteiger partial charge in [-0.05, 0) is 32.3 Å². The highest BCUT2D eigenvalue weighted by atomic mass is 35.5. The lowest BCUT2D eigenvalue weighted by Crippen LogP contribution is -2.14. The third-order valence-electron chi connectivity index (χ3n) is 3.81. The highest BCUT2D eigenvalue weighted by Gasteiger charge is 2.27. The van der Waals surface area contributed by atoms with Crippen LogP contribution in [0.5, 0.6) is 0 Å². The molecule has 0 radical (unpaired) electrons. The second-order valence-electron chi connectivity index (χ2n) is 5.16. The van der Waals surface area contributed by atoms with Gasteiger partial charge in [-0.1, -0.05) is 11.6 Å². The Morgan fingerprint density at radius 3 is 2.90 bits per heavy atom. The molecule has 1 atom stereocenters. The van der Waals surface area contributed by atoms with Gasteiger partial charge in [-0.2, -0.15) is 0 Å². The van der Waals surface area contributed by atoms with Gasteiger partial charge in [0.15, 0.2) is 5.84 Å². The maximum atomic E-state index is 6.25. The van der Waals surface area contributed by atoms with Crippen molar-refractivity contribution in [3.8, 4) is 0 Å². The van der Waals surface area contributed by atoms with Crippen molar-refractivity contribution < 1.29 is 4.74 Å². The van der Waals surface area contributed by atoms with Crippen LogP contribution in [0.25, 0.3) is 0 Å². The van der Waals surface area contributed by atoms with Crippen LogP contribution in [0.3, 0.4) is 0 Å². The summed E-state index contributed by atoms with van der Waals surface area (Å²) < 4.78 is 5.57. The van der Waals surface area contributed by atoms with Gasteiger partial charge in [0.05, 0.1) is 18.2 Å². The number of aromatic nitrogens is 1. The van der Waals surface area contributed by atoms with Crippen molar-refractivity contribution in [3.05, 3.63) is 27.5 Å². The molecule has 3 heterocycles. The topological polar surface area (TPSA) is 72.9 Å². The third kappa shape index (κ3) is 2.21. The molecular formula is C14H17ClN4O.